The normalized spacial score (nSPS) is 26.1. The molecule has 9 heteroatoms. The molecule has 0 radical (unpaired) electrons. The number of halogens is 1. The molecule has 1 aromatic carbocycles. The molecule has 3 N–H and O–H groups in total. The van der Waals surface area contributed by atoms with E-state index in [-0.39, 0.29) is 39.9 Å². The number of methoxy groups -OCH3 is 1. The largest absolute Gasteiger partial charge is 0.492 e. The maximum Gasteiger partial charge on any atom is 0.341 e. The van der Waals surface area contributed by atoms with Crippen LogP contribution < -0.4 is 20.8 Å². The smallest absolute Gasteiger partial charge is 0.341 e. The molecular formula is C21H24FN3O5. The lowest BCUT2D eigenvalue weighted by molar-refractivity contribution is 0.0695. The molecule has 0 bridgehead atoms. The van der Waals surface area contributed by atoms with E-state index in [0.29, 0.717) is 31.8 Å². The van der Waals surface area contributed by atoms with Crippen molar-refractivity contribution in [1.82, 2.24) is 4.57 Å². The summed E-state index contributed by atoms with van der Waals surface area (Å²) < 4.78 is 28.4. The van der Waals surface area contributed by atoms with Gasteiger partial charge in [0, 0.05) is 43.4 Å². The lowest BCUT2D eigenvalue weighted by Crippen LogP contribution is -2.40. The lowest BCUT2D eigenvalue weighted by atomic mass is 9.83. The molecule has 0 amide bonds. The number of rotatable bonds is 4. The Morgan fingerprint density at radius 3 is 2.80 bits per heavy atom. The first-order valence-corrected chi connectivity index (χ1v) is 10.1. The summed E-state index contributed by atoms with van der Waals surface area (Å²) >= 11 is 0. The Labute approximate surface area is 172 Å². The molecule has 30 heavy (non-hydrogen) atoms. The molecule has 2 atom stereocenters. The second-order valence-corrected chi connectivity index (χ2v) is 8.60. The predicted octanol–water partition coefficient (Wildman–Crippen LogP) is 1.74. The quantitative estimate of drug-likeness (QED) is 0.780. The van der Waals surface area contributed by atoms with Crippen LogP contribution in [0, 0.1) is 11.2 Å². The molecule has 1 aliphatic carbocycles. The minimum Gasteiger partial charge on any atom is -0.492 e. The minimum atomic E-state index is -1.33. The lowest BCUT2D eigenvalue weighted by Gasteiger charge is -2.27. The van der Waals surface area contributed by atoms with E-state index in [0.717, 1.165) is 25.3 Å². The summed E-state index contributed by atoms with van der Waals surface area (Å²) in [5.41, 5.74) is 5.81. The second kappa shape index (κ2) is 6.68. The first kappa shape index (κ1) is 19.3. The van der Waals surface area contributed by atoms with Gasteiger partial charge in [-0.2, -0.15) is 0 Å². The van der Waals surface area contributed by atoms with Crippen molar-refractivity contribution < 1.29 is 23.8 Å². The topological polar surface area (TPSA) is 107 Å². The van der Waals surface area contributed by atoms with Crippen molar-refractivity contribution in [3.8, 4) is 5.75 Å². The number of nitrogens with zero attached hydrogens (tertiary/aromatic N) is 2. The van der Waals surface area contributed by atoms with Crippen LogP contribution >= 0.6 is 0 Å². The number of hydrogen-bond acceptors (Lipinski definition) is 6. The van der Waals surface area contributed by atoms with Crippen LogP contribution in [-0.4, -0.2) is 55.1 Å². The average Bonchev–Trinajstić information content (AvgIpc) is 3.36. The van der Waals surface area contributed by atoms with E-state index in [1.54, 1.807) is 4.57 Å². The molecule has 1 spiro atoms. The summed E-state index contributed by atoms with van der Waals surface area (Å²) in [5.74, 6) is -1.70. The summed E-state index contributed by atoms with van der Waals surface area (Å²) in [6, 6.07) is 1.04. The number of carboxylic acids is 1. The van der Waals surface area contributed by atoms with Crippen LogP contribution in [0.4, 0.5) is 10.1 Å². The standard InChI is InChI=1S/C21H24FN3O5/c1-29-19-16-12(18(26)13(20(27)28)7-25(16)11-2-3-11)6-14(22)17(19)24-8-15(23)21(9-24)4-5-30-10-21/h6-7,11,15H,2-5,8-10,23H2,1H3,(H,27,28)/t15-,21+/m1/s1. The Bertz CT molecular complexity index is 1100. The first-order valence-electron chi connectivity index (χ1n) is 10.1. The molecule has 2 aliphatic heterocycles. The zero-order valence-electron chi connectivity index (χ0n) is 16.7. The molecule has 1 saturated carbocycles. The molecule has 1 aromatic heterocycles. The summed E-state index contributed by atoms with van der Waals surface area (Å²) in [5, 5.41) is 9.47. The second-order valence-electron chi connectivity index (χ2n) is 8.60. The number of anilines is 1. The highest BCUT2D eigenvalue weighted by molar-refractivity contribution is 5.97. The molecular weight excluding hydrogens is 393 g/mol. The van der Waals surface area contributed by atoms with Gasteiger partial charge in [0.15, 0.2) is 11.6 Å². The number of hydrogen-bond donors (Lipinski definition) is 2. The van der Waals surface area contributed by atoms with Gasteiger partial charge in [0.25, 0.3) is 0 Å². The van der Waals surface area contributed by atoms with Crippen LogP contribution in [-0.2, 0) is 4.74 Å². The number of fused-ring (bicyclic) bond motifs is 1. The van der Waals surface area contributed by atoms with Gasteiger partial charge in [-0.3, -0.25) is 4.79 Å². The van der Waals surface area contributed by atoms with Crippen LogP contribution in [0.5, 0.6) is 5.75 Å². The van der Waals surface area contributed by atoms with Crippen molar-refractivity contribution >= 4 is 22.6 Å². The number of aromatic carboxylic acids is 1. The number of benzene rings is 1. The van der Waals surface area contributed by atoms with Crippen molar-refractivity contribution in [2.45, 2.75) is 31.3 Å². The van der Waals surface area contributed by atoms with Gasteiger partial charge in [0.05, 0.1) is 24.6 Å². The molecule has 5 rings (SSSR count). The van der Waals surface area contributed by atoms with E-state index < -0.39 is 17.2 Å². The Morgan fingerprint density at radius 1 is 1.43 bits per heavy atom. The van der Waals surface area contributed by atoms with Crippen LogP contribution in [0.1, 0.15) is 35.7 Å². The molecule has 0 unspecified atom stereocenters. The maximum atomic E-state index is 15.4. The Hall–Kier alpha value is -2.65. The fraction of sp³-hybridized carbons (Fsp3) is 0.524. The highest BCUT2D eigenvalue weighted by atomic mass is 19.1. The van der Waals surface area contributed by atoms with Gasteiger partial charge in [-0.15, -0.1) is 0 Å². The maximum absolute atomic E-state index is 15.4. The number of carbonyl (C=O) groups is 1. The van der Waals surface area contributed by atoms with Gasteiger partial charge < -0.3 is 29.8 Å². The summed E-state index contributed by atoms with van der Waals surface area (Å²) in [6.45, 7) is 2.16. The van der Waals surface area contributed by atoms with Crippen LogP contribution in [0.2, 0.25) is 0 Å². The van der Waals surface area contributed by atoms with E-state index in [2.05, 4.69) is 0 Å². The van der Waals surface area contributed by atoms with E-state index >= 15 is 4.39 Å². The number of carboxylic acid groups (broad SMARTS) is 1. The van der Waals surface area contributed by atoms with Crippen LogP contribution in [0.25, 0.3) is 10.9 Å². The monoisotopic (exact) mass is 417 g/mol. The van der Waals surface area contributed by atoms with E-state index in [1.807, 2.05) is 4.90 Å². The molecule has 2 aromatic rings. The third-order valence-electron chi connectivity index (χ3n) is 6.73. The van der Waals surface area contributed by atoms with Gasteiger partial charge in [-0.25, -0.2) is 9.18 Å². The summed E-state index contributed by atoms with van der Waals surface area (Å²) in [7, 11) is 1.44. The van der Waals surface area contributed by atoms with Gasteiger partial charge >= 0.3 is 5.97 Å². The van der Waals surface area contributed by atoms with Gasteiger partial charge in [0.2, 0.25) is 5.43 Å². The van der Waals surface area contributed by atoms with Crippen molar-refractivity contribution in [2.75, 3.05) is 38.3 Å². The van der Waals surface area contributed by atoms with Crippen LogP contribution in [0.15, 0.2) is 17.1 Å². The fourth-order valence-corrected chi connectivity index (χ4v) is 4.93. The predicted molar refractivity (Wildman–Crippen MR) is 108 cm³/mol. The third kappa shape index (κ3) is 2.72. The molecule has 3 aliphatic rings. The fourth-order valence-electron chi connectivity index (χ4n) is 4.93. The Morgan fingerprint density at radius 2 is 2.20 bits per heavy atom. The number of pyridine rings is 1. The van der Waals surface area contributed by atoms with E-state index in [9.17, 15) is 14.7 Å². The number of aromatic nitrogens is 1. The Balaban J connectivity index is 1.74. The van der Waals surface area contributed by atoms with Crippen molar-refractivity contribution in [1.29, 1.82) is 0 Å². The minimum absolute atomic E-state index is 0.0160. The molecule has 8 nitrogen and oxygen atoms in total. The molecule has 160 valence electrons. The van der Waals surface area contributed by atoms with E-state index in [1.165, 1.54) is 13.3 Å². The van der Waals surface area contributed by atoms with Crippen molar-refractivity contribution in [3.05, 3.63) is 33.9 Å². The van der Waals surface area contributed by atoms with E-state index in [4.69, 9.17) is 15.2 Å². The van der Waals surface area contributed by atoms with Gasteiger partial charge in [0.1, 0.15) is 11.3 Å². The van der Waals surface area contributed by atoms with Crippen molar-refractivity contribution in [2.24, 2.45) is 11.1 Å². The zero-order chi connectivity index (χ0) is 21.2. The highest BCUT2D eigenvalue weighted by Gasteiger charge is 2.48. The zero-order valence-corrected chi connectivity index (χ0v) is 16.7. The van der Waals surface area contributed by atoms with Crippen molar-refractivity contribution in [3.63, 3.8) is 0 Å². The Kier molecular flexibility index (Phi) is 4.30. The van der Waals surface area contributed by atoms with Gasteiger partial charge in [-0.05, 0) is 25.3 Å². The summed E-state index contributed by atoms with van der Waals surface area (Å²) in [6.07, 6.45) is 3.90. The molecule has 2 saturated heterocycles. The SMILES string of the molecule is COc1c(N2C[C@@H](N)[C@@]3(CCOC3)C2)c(F)cc2c(=O)c(C(=O)O)cn(C3CC3)c12. The number of nitrogens with two attached hydrogens (primary N) is 1. The van der Waals surface area contributed by atoms with Gasteiger partial charge in [-0.1, -0.05) is 0 Å². The third-order valence-corrected chi connectivity index (χ3v) is 6.73. The molecule has 3 heterocycles. The van der Waals surface area contributed by atoms with Crippen LogP contribution in [0.3, 0.4) is 0 Å². The average molecular weight is 417 g/mol. The summed E-state index contributed by atoms with van der Waals surface area (Å²) in [4.78, 5) is 26.3. The first-order chi connectivity index (χ1) is 14.4. The highest BCUT2D eigenvalue weighted by Crippen LogP contribution is 2.47. The molecule has 3 fully saturated rings. The number of ether oxygens (including phenoxy) is 2.